The van der Waals surface area contributed by atoms with Gasteiger partial charge in [0.25, 0.3) is 0 Å². The zero-order valence-corrected chi connectivity index (χ0v) is 15.3. The molecule has 0 spiro atoms. The Labute approximate surface area is 155 Å². The van der Waals surface area contributed by atoms with Gasteiger partial charge >= 0.3 is 0 Å². The van der Waals surface area contributed by atoms with Crippen LogP contribution >= 0.6 is 0 Å². The van der Waals surface area contributed by atoms with E-state index in [0.29, 0.717) is 18.7 Å². The summed E-state index contributed by atoms with van der Waals surface area (Å²) in [7, 11) is 1.67. The van der Waals surface area contributed by atoms with Crippen LogP contribution < -0.4 is 15.8 Å². The van der Waals surface area contributed by atoms with Gasteiger partial charge in [0, 0.05) is 12.2 Å². The molecule has 0 aliphatic carbocycles. The van der Waals surface area contributed by atoms with Crippen LogP contribution in [0.25, 0.3) is 0 Å². The summed E-state index contributed by atoms with van der Waals surface area (Å²) in [5, 5.41) is 3.11. The van der Waals surface area contributed by atoms with E-state index in [2.05, 4.69) is 22.3 Å². The third kappa shape index (κ3) is 4.76. The van der Waals surface area contributed by atoms with Gasteiger partial charge in [-0.25, -0.2) is 0 Å². The second-order valence-electron chi connectivity index (χ2n) is 6.75. The standard InChI is InChI=1S/C21H27N3O2/c1-26-19-10-6-17(7-11-19)20(24-12-2-3-13-24)15-23-21(25)14-16-4-8-18(22)9-5-16/h4-11,20H,2-3,12-15,22H2,1H3,(H,23,25). The molecule has 0 bridgehead atoms. The van der Waals surface area contributed by atoms with E-state index >= 15 is 0 Å². The number of amides is 1. The monoisotopic (exact) mass is 353 g/mol. The predicted molar refractivity (Wildman–Crippen MR) is 104 cm³/mol. The van der Waals surface area contributed by atoms with Crippen LogP contribution in [0.1, 0.15) is 30.0 Å². The molecule has 1 aliphatic rings. The molecule has 26 heavy (non-hydrogen) atoms. The number of anilines is 1. The molecule has 5 nitrogen and oxygen atoms in total. The number of ether oxygens (including phenoxy) is 1. The van der Waals surface area contributed by atoms with Crippen molar-refractivity contribution in [3.05, 3.63) is 59.7 Å². The molecular weight excluding hydrogens is 326 g/mol. The molecule has 1 fully saturated rings. The average molecular weight is 353 g/mol. The van der Waals surface area contributed by atoms with Gasteiger partial charge in [-0.15, -0.1) is 0 Å². The molecule has 0 aromatic heterocycles. The summed E-state index contributed by atoms with van der Waals surface area (Å²) in [5.41, 5.74) is 8.59. The number of nitrogens with one attached hydrogen (secondary N) is 1. The summed E-state index contributed by atoms with van der Waals surface area (Å²) >= 11 is 0. The molecule has 2 aromatic rings. The third-order valence-electron chi connectivity index (χ3n) is 4.92. The number of hydrogen-bond acceptors (Lipinski definition) is 4. The van der Waals surface area contributed by atoms with Crippen molar-refractivity contribution in [3.63, 3.8) is 0 Å². The number of hydrogen-bond donors (Lipinski definition) is 2. The van der Waals surface area contributed by atoms with Crippen molar-refractivity contribution in [1.82, 2.24) is 10.2 Å². The van der Waals surface area contributed by atoms with E-state index in [1.165, 1.54) is 18.4 Å². The molecule has 0 saturated carbocycles. The maximum absolute atomic E-state index is 12.4. The van der Waals surface area contributed by atoms with Crippen LogP contribution in [-0.4, -0.2) is 37.6 Å². The Morgan fingerprint density at radius 3 is 2.38 bits per heavy atom. The summed E-state index contributed by atoms with van der Waals surface area (Å²) in [5.74, 6) is 0.883. The number of methoxy groups -OCH3 is 1. The van der Waals surface area contributed by atoms with Crippen molar-refractivity contribution in [1.29, 1.82) is 0 Å². The number of carbonyl (C=O) groups excluding carboxylic acids is 1. The van der Waals surface area contributed by atoms with Crippen molar-refractivity contribution in [3.8, 4) is 5.75 Å². The van der Waals surface area contributed by atoms with Gasteiger partial charge in [-0.3, -0.25) is 9.69 Å². The van der Waals surface area contributed by atoms with Gasteiger partial charge in [0.15, 0.2) is 0 Å². The Bertz CT molecular complexity index is 707. The van der Waals surface area contributed by atoms with E-state index in [-0.39, 0.29) is 11.9 Å². The number of rotatable bonds is 7. The Morgan fingerprint density at radius 1 is 1.12 bits per heavy atom. The molecule has 3 N–H and O–H groups in total. The zero-order valence-electron chi connectivity index (χ0n) is 15.3. The van der Waals surface area contributed by atoms with Gasteiger partial charge in [-0.05, 0) is 61.3 Å². The average Bonchev–Trinajstić information content (AvgIpc) is 3.19. The largest absolute Gasteiger partial charge is 0.497 e. The lowest BCUT2D eigenvalue weighted by molar-refractivity contribution is -0.120. The lowest BCUT2D eigenvalue weighted by Gasteiger charge is -2.28. The fraction of sp³-hybridized carbons (Fsp3) is 0.381. The van der Waals surface area contributed by atoms with Gasteiger partial charge in [0.05, 0.1) is 19.6 Å². The summed E-state index contributed by atoms with van der Waals surface area (Å²) in [6.45, 7) is 2.76. The molecule has 1 aliphatic heterocycles. The molecule has 138 valence electrons. The van der Waals surface area contributed by atoms with E-state index in [1.807, 2.05) is 36.4 Å². The molecule has 1 heterocycles. The topological polar surface area (TPSA) is 67.6 Å². The first kappa shape index (κ1) is 18.3. The van der Waals surface area contributed by atoms with E-state index in [9.17, 15) is 4.79 Å². The molecule has 1 amide bonds. The second kappa shape index (κ2) is 8.72. The van der Waals surface area contributed by atoms with Crippen LogP contribution in [0.3, 0.4) is 0 Å². The summed E-state index contributed by atoms with van der Waals surface area (Å²) in [6, 6.07) is 15.8. The number of nitrogens with zero attached hydrogens (tertiary/aromatic N) is 1. The highest BCUT2D eigenvalue weighted by atomic mass is 16.5. The van der Waals surface area contributed by atoms with Gasteiger partial charge in [-0.2, -0.15) is 0 Å². The van der Waals surface area contributed by atoms with E-state index in [0.717, 1.165) is 24.4 Å². The van der Waals surface area contributed by atoms with Gasteiger partial charge in [0.1, 0.15) is 5.75 Å². The minimum Gasteiger partial charge on any atom is -0.497 e. The Balaban J connectivity index is 1.63. The Morgan fingerprint density at radius 2 is 1.77 bits per heavy atom. The molecule has 5 heteroatoms. The van der Waals surface area contributed by atoms with Crippen LogP contribution in [-0.2, 0) is 11.2 Å². The van der Waals surface area contributed by atoms with Gasteiger partial charge in [0.2, 0.25) is 5.91 Å². The molecule has 1 unspecified atom stereocenters. The zero-order chi connectivity index (χ0) is 18.4. The van der Waals surface area contributed by atoms with Crippen molar-refractivity contribution in [2.75, 3.05) is 32.5 Å². The van der Waals surface area contributed by atoms with Crippen molar-refractivity contribution in [2.45, 2.75) is 25.3 Å². The minimum atomic E-state index is 0.0347. The molecule has 1 saturated heterocycles. The molecule has 3 rings (SSSR count). The first-order valence-electron chi connectivity index (χ1n) is 9.15. The fourth-order valence-corrected chi connectivity index (χ4v) is 3.43. The summed E-state index contributed by atoms with van der Waals surface area (Å²) in [4.78, 5) is 14.8. The lowest BCUT2D eigenvalue weighted by atomic mass is 10.0. The van der Waals surface area contributed by atoms with Crippen LogP contribution in [0.5, 0.6) is 5.75 Å². The minimum absolute atomic E-state index is 0.0347. The highest BCUT2D eigenvalue weighted by Gasteiger charge is 2.24. The van der Waals surface area contributed by atoms with E-state index in [1.54, 1.807) is 7.11 Å². The third-order valence-corrected chi connectivity index (χ3v) is 4.92. The Hall–Kier alpha value is -2.53. The fourth-order valence-electron chi connectivity index (χ4n) is 3.43. The molecule has 2 aromatic carbocycles. The van der Waals surface area contributed by atoms with Crippen molar-refractivity contribution < 1.29 is 9.53 Å². The van der Waals surface area contributed by atoms with Crippen LogP contribution in [0.2, 0.25) is 0 Å². The molecule has 0 radical (unpaired) electrons. The first-order chi connectivity index (χ1) is 12.7. The van der Waals surface area contributed by atoms with E-state index in [4.69, 9.17) is 10.5 Å². The quantitative estimate of drug-likeness (QED) is 0.751. The maximum Gasteiger partial charge on any atom is 0.224 e. The highest BCUT2D eigenvalue weighted by Crippen LogP contribution is 2.26. The number of nitrogens with two attached hydrogens (primary N) is 1. The lowest BCUT2D eigenvalue weighted by Crippen LogP contribution is -2.37. The van der Waals surface area contributed by atoms with Crippen molar-refractivity contribution in [2.24, 2.45) is 0 Å². The SMILES string of the molecule is COc1ccc(C(CNC(=O)Cc2ccc(N)cc2)N2CCCC2)cc1. The van der Waals surface area contributed by atoms with Crippen molar-refractivity contribution >= 4 is 11.6 Å². The first-order valence-corrected chi connectivity index (χ1v) is 9.15. The number of carbonyl (C=O) groups is 1. The number of likely N-dealkylation sites (tertiary alicyclic amines) is 1. The number of nitrogen functional groups attached to an aromatic ring is 1. The van der Waals surface area contributed by atoms with Gasteiger partial charge < -0.3 is 15.8 Å². The van der Waals surface area contributed by atoms with Crippen LogP contribution in [0.4, 0.5) is 5.69 Å². The summed E-state index contributed by atoms with van der Waals surface area (Å²) in [6.07, 6.45) is 2.80. The number of benzene rings is 2. The molecular formula is C21H27N3O2. The smallest absolute Gasteiger partial charge is 0.224 e. The van der Waals surface area contributed by atoms with E-state index < -0.39 is 0 Å². The predicted octanol–water partition coefficient (Wildman–Crippen LogP) is 2.77. The van der Waals surface area contributed by atoms with Crippen LogP contribution in [0.15, 0.2) is 48.5 Å². The maximum atomic E-state index is 12.4. The molecule has 1 atom stereocenters. The normalized spacial score (nSPS) is 15.6. The van der Waals surface area contributed by atoms with Crippen LogP contribution in [0, 0.1) is 0 Å². The van der Waals surface area contributed by atoms with Gasteiger partial charge in [-0.1, -0.05) is 24.3 Å². The summed E-state index contributed by atoms with van der Waals surface area (Å²) < 4.78 is 5.26. The second-order valence-corrected chi connectivity index (χ2v) is 6.75. The Kier molecular flexibility index (Phi) is 6.12. The highest BCUT2D eigenvalue weighted by molar-refractivity contribution is 5.78.